The van der Waals surface area contributed by atoms with Crippen LogP contribution in [0.4, 0.5) is 5.69 Å². The fourth-order valence-electron chi connectivity index (χ4n) is 1.87. The van der Waals surface area contributed by atoms with E-state index >= 15 is 0 Å². The van der Waals surface area contributed by atoms with Gasteiger partial charge in [-0.3, -0.25) is 4.79 Å². The van der Waals surface area contributed by atoms with E-state index in [2.05, 4.69) is 18.3 Å². The van der Waals surface area contributed by atoms with Gasteiger partial charge in [0.2, 0.25) is 0 Å². The van der Waals surface area contributed by atoms with Gasteiger partial charge in [0.1, 0.15) is 0 Å². The van der Waals surface area contributed by atoms with Crippen molar-refractivity contribution in [2.45, 2.75) is 20.4 Å². The highest BCUT2D eigenvalue weighted by Gasteiger charge is 1.98. The van der Waals surface area contributed by atoms with E-state index in [0.29, 0.717) is 6.54 Å². The largest absolute Gasteiger partial charge is 0.383 e. The summed E-state index contributed by atoms with van der Waals surface area (Å²) in [5.41, 5.74) is 3.40. The van der Waals surface area contributed by atoms with E-state index in [1.807, 2.05) is 37.4 Å². The minimum absolute atomic E-state index is 0.0570. The Labute approximate surface area is 107 Å². The number of benzene rings is 1. The molecule has 3 heteroatoms. The van der Waals surface area contributed by atoms with Crippen molar-refractivity contribution in [1.82, 2.24) is 4.57 Å². The Morgan fingerprint density at radius 3 is 2.67 bits per heavy atom. The molecule has 0 saturated heterocycles. The highest BCUT2D eigenvalue weighted by atomic mass is 16.1. The zero-order valence-electron chi connectivity index (χ0n) is 10.8. The summed E-state index contributed by atoms with van der Waals surface area (Å²) in [6.45, 7) is 5.42. The molecule has 1 aromatic heterocycles. The van der Waals surface area contributed by atoms with Gasteiger partial charge < -0.3 is 9.88 Å². The molecule has 2 rings (SSSR count). The number of aryl methyl sites for hydroxylation is 2. The average Bonchev–Trinajstić information content (AvgIpc) is 2.34. The van der Waals surface area contributed by atoms with Gasteiger partial charge in [0.05, 0.1) is 0 Å². The minimum atomic E-state index is 0.0570. The van der Waals surface area contributed by atoms with Crippen molar-refractivity contribution in [1.29, 1.82) is 0 Å². The van der Waals surface area contributed by atoms with Crippen LogP contribution in [0.3, 0.4) is 0 Å². The lowest BCUT2D eigenvalue weighted by Gasteiger charge is -2.10. The van der Waals surface area contributed by atoms with Gasteiger partial charge >= 0.3 is 0 Å². The van der Waals surface area contributed by atoms with Crippen molar-refractivity contribution in [3.05, 3.63) is 64.1 Å². The molecule has 0 spiro atoms. The first-order valence-corrected chi connectivity index (χ1v) is 6.13. The predicted molar refractivity (Wildman–Crippen MR) is 75.1 cm³/mol. The quantitative estimate of drug-likeness (QED) is 0.894. The Hall–Kier alpha value is -2.03. The van der Waals surface area contributed by atoms with Gasteiger partial charge in [-0.25, -0.2) is 0 Å². The van der Waals surface area contributed by atoms with Crippen LogP contribution in [0, 0.1) is 13.8 Å². The molecule has 0 aliphatic rings. The number of nitrogens with one attached hydrogen (secondary N) is 1. The lowest BCUT2D eigenvalue weighted by Crippen LogP contribution is -2.22. The van der Waals surface area contributed by atoms with Crippen LogP contribution in [-0.2, 0) is 6.54 Å². The molecule has 2 aromatic rings. The van der Waals surface area contributed by atoms with Gasteiger partial charge in [0, 0.05) is 31.0 Å². The molecule has 0 aliphatic heterocycles. The maximum atomic E-state index is 11.7. The van der Waals surface area contributed by atoms with Gasteiger partial charge in [0.25, 0.3) is 5.56 Å². The summed E-state index contributed by atoms with van der Waals surface area (Å²) < 4.78 is 1.72. The third kappa shape index (κ3) is 3.00. The molecule has 1 N–H and O–H groups in total. The number of anilines is 1. The van der Waals surface area contributed by atoms with Crippen molar-refractivity contribution in [2.75, 3.05) is 11.9 Å². The standard InChI is InChI=1S/C15H18N2O/c1-12-7-9-17(15(18)11-12)10-8-16-14-6-4-3-5-13(14)2/h3-7,9,11,16H,8,10H2,1-2H3. The first-order chi connectivity index (χ1) is 8.66. The molecule has 18 heavy (non-hydrogen) atoms. The summed E-state index contributed by atoms with van der Waals surface area (Å²) in [6.07, 6.45) is 1.84. The van der Waals surface area contributed by atoms with E-state index in [4.69, 9.17) is 0 Å². The van der Waals surface area contributed by atoms with Gasteiger partial charge in [-0.05, 0) is 37.1 Å². The first kappa shape index (κ1) is 12.4. The van der Waals surface area contributed by atoms with E-state index in [9.17, 15) is 4.79 Å². The molecule has 0 aliphatic carbocycles. The molecule has 1 heterocycles. The van der Waals surface area contributed by atoms with E-state index < -0.39 is 0 Å². The highest BCUT2D eigenvalue weighted by molar-refractivity contribution is 5.50. The Bertz CT molecular complexity index is 587. The second-order valence-corrected chi connectivity index (χ2v) is 4.48. The van der Waals surface area contributed by atoms with Crippen LogP contribution >= 0.6 is 0 Å². The molecule has 3 nitrogen and oxygen atoms in total. The third-order valence-electron chi connectivity index (χ3n) is 2.96. The second kappa shape index (κ2) is 5.54. The number of hydrogen-bond donors (Lipinski definition) is 1. The van der Waals surface area contributed by atoms with Gasteiger partial charge in [-0.1, -0.05) is 18.2 Å². The van der Waals surface area contributed by atoms with Gasteiger partial charge in [0.15, 0.2) is 0 Å². The topological polar surface area (TPSA) is 34.0 Å². The van der Waals surface area contributed by atoms with E-state index in [1.165, 1.54) is 5.56 Å². The van der Waals surface area contributed by atoms with Gasteiger partial charge in [-0.15, -0.1) is 0 Å². The molecule has 94 valence electrons. The number of aromatic nitrogens is 1. The fourth-order valence-corrected chi connectivity index (χ4v) is 1.87. The lowest BCUT2D eigenvalue weighted by atomic mass is 10.2. The van der Waals surface area contributed by atoms with Crippen LogP contribution in [0.5, 0.6) is 0 Å². The summed E-state index contributed by atoms with van der Waals surface area (Å²) >= 11 is 0. The van der Waals surface area contributed by atoms with Crippen molar-refractivity contribution < 1.29 is 0 Å². The van der Waals surface area contributed by atoms with Crippen molar-refractivity contribution in [2.24, 2.45) is 0 Å². The van der Waals surface area contributed by atoms with E-state index in [1.54, 1.807) is 10.6 Å². The van der Waals surface area contributed by atoms with Crippen molar-refractivity contribution in [3.8, 4) is 0 Å². The highest BCUT2D eigenvalue weighted by Crippen LogP contribution is 2.12. The monoisotopic (exact) mass is 242 g/mol. The van der Waals surface area contributed by atoms with Crippen LogP contribution in [-0.4, -0.2) is 11.1 Å². The van der Waals surface area contributed by atoms with Gasteiger partial charge in [-0.2, -0.15) is 0 Å². The zero-order valence-corrected chi connectivity index (χ0v) is 10.8. The Morgan fingerprint density at radius 2 is 1.94 bits per heavy atom. The second-order valence-electron chi connectivity index (χ2n) is 4.48. The smallest absolute Gasteiger partial charge is 0.250 e. The molecule has 0 amide bonds. The van der Waals surface area contributed by atoms with Crippen LogP contribution in [0.25, 0.3) is 0 Å². The Kier molecular flexibility index (Phi) is 3.82. The normalized spacial score (nSPS) is 10.3. The van der Waals surface area contributed by atoms with E-state index in [0.717, 1.165) is 17.8 Å². The minimum Gasteiger partial charge on any atom is -0.383 e. The molecule has 0 fully saturated rings. The van der Waals surface area contributed by atoms with Crippen molar-refractivity contribution >= 4 is 5.69 Å². The summed E-state index contributed by atoms with van der Waals surface area (Å²) in [7, 11) is 0. The van der Waals surface area contributed by atoms with Crippen LogP contribution in [0.1, 0.15) is 11.1 Å². The number of pyridine rings is 1. The number of hydrogen-bond acceptors (Lipinski definition) is 2. The molecule has 0 saturated carbocycles. The Balaban J connectivity index is 1.97. The Morgan fingerprint density at radius 1 is 1.17 bits per heavy atom. The van der Waals surface area contributed by atoms with Crippen LogP contribution < -0.4 is 10.9 Å². The van der Waals surface area contributed by atoms with Crippen LogP contribution in [0.15, 0.2) is 47.4 Å². The predicted octanol–water partition coefficient (Wildman–Crippen LogP) is 2.58. The lowest BCUT2D eigenvalue weighted by molar-refractivity contribution is 0.696. The molecule has 0 atom stereocenters. The molecule has 0 bridgehead atoms. The number of rotatable bonds is 4. The number of para-hydroxylation sites is 1. The maximum Gasteiger partial charge on any atom is 0.250 e. The average molecular weight is 242 g/mol. The van der Waals surface area contributed by atoms with E-state index in [-0.39, 0.29) is 5.56 Å². The molecular formula is C15H18N2O. The summed E-state index contributed by atoms with van der Waals surface area (Å²) in [4.78, 5) is 11.7. The first-order valence-electron chi connectivity index (χ1n) is 6.13. The molecular weight excluding hydrogens is 224 g/mol. The summed E-state index contributed by atoms with van der Waals surface area (Å²) in [5.74, 6) is 0. The zero-order chi connectivity index (χ0) is 13.0. The van der Waals surface area contributed by atoms with Crippen LogP contribution in [0.2, 0.25) is 0 Å². The molecule has 1 aromatic carbocycles. The summed E-state index contributed by atoms with van der Waals surface area (Å²) in [6, 6.07) is 11.8. The maximum absolute atomic E-state index is 11.7. The SMILES string of the molecule is Cc1ccn(CCNc2ccccc2C)c(=O)c1. The molecule has 0 unspecified atom stereocenters. The third-order valence-corrected chi connectivity index (χ3v) is 2.96. The van der Waals surface area contributed by atoms with Crippen molar-refractivity contribution in [3.63, 3.8) is 0 Å². The number of nitrogens with zero attached hydrogens (tertiary/aromatic N) is 1. The summed E-state index contributed by atoms with van der Waals surface area (Å²) in [5, 5.41) is 3.34. The fraction of sp³-hybridized carbons (Fsp3) is 0.267. The molecule has 0 radical (unpaired) electrons.